The number of hydrogen-bond donors (Lipinski definition) is 0. The van der Waals surface area contributed by atoms with Crippen molar-refractivity contribution in [2.45, 2.75) is 12.5 Å². The monoisotopic (exact) mass is 368 g/mol. The molecule has 2 amide bonds. The summed E-state index contributed by atoms with van der Waals surface area (Å²) in [7, 11) is 3.08. The zero-order chi connectivity index (χ0) is 19.2. The molecule has 1 fully saturated rings. The number of hydrogen-bond acceptors (Lipinski definition) is 4. The number of nitrogens with zero attached hydrogens (tertiary/aromatic N) is 2. The summed E-state index contributed by atoms with van der Waals surface area (Å²) in [5.74, 6) is 0.409. The number of rotatable bonds is 6. The summed E-state index contributed by atoms with van der Waals surface area (Å²) in [6.45, 7) is 0.435. The molecule has 1 aliphatic heterocycles. The molecule has 27 heavy (non-hydrogen) atoms. The molecule has 3 rings (SSSR count). The van der Waals surface area contributed by atoms with Crippen LogP contribution < -0.4 is 9.64 Å². The van der Waals surface area contributed by atoms with Crippen molar-refractivity contribution in [3.8, 4) is 5.75 Å². The van der Waals surface area contributed by atoms with Gasteiger partial charge in [0.25, 0.3) is 0 Å². The topological polar surface area (TPSA) is 59.1 Å². The molecule has 2 aromatic carbocycles. The molecule has 0 spiro atoms. The number of amides is 2. The first-order valence-electron chi connectivity index (χ1n) is 8.89. The summed E-state index contributed by atoms with van der Waals surface area (Å²) in [4.78, 5) is 28.6. The lowest BCUT2D eigenvalue weighted by Gasteiger charge is -2.41. The van der Waals surface area contributed by atoms with E-state index >= 15 is 0 Å². The Morgan fingerprint density at radius 2 is 1.89 bits per heavy atom. The molecule has 0 aromatic heterocycles. The van der Waals surface area contributed by atoms with Crippen molar-refractivity contribution in [2.24, 2.45) is 0 Å². The molecule has 0 saturated carbocycles. The molecule has 6 heteroatoms. The number of piperazine rings is 1. The fourth-order valence-electron chi connectivity index (χ4n) is 3.36. The minimum Gasteiger partial charge on any atom is -0.497 e. The molecule has 1 saturated heterocycles. The summed E-state index contributed by atoms with van der Waals surface area (Å²) in [6, 6.07) is 17.3. The average molecular weight is 368 g/mol. The SMILES string of the molecule is COCC(=O)N1CC(=O)N(c2cccc(OC)c2)C[C@@H]1Cc1ccccc1. The van der Waals surface area contributed by atoms with Crippen LogP contribution in [0.2, 0.25) is 0 Å². The standard InChI is InChI=1S/C21H24N2O4/c1-26-15-21(25)23-14-20(24)22(17-9-6-10-19(12-17)27-2)13-18(23)11-16-7-4-3-5-8-16/h3-10,12,18H,11,13-15H2,1-2H3/t18-/m0/s1. The second-order valence-corrected chi connectivity index (χ2v) is 6.50. The van der Waals surface area contributed by atoms with E-state index in [1.165, 1.54) is 7.11 Å². The van der Waals surface area contributed by atoms with Crippen LogP contribution in [0.1, 0.15) is 5.56 Å². The number of carbonyl (C=O) groups is 2. The third-order valence-corrected chi connectivity index (χ3v) is 4.71. The molecular weight excluding hydrogens is 344 g/mol. The minimum absolute atomic E-state index is 0.0300. The van der Waals surface area contributed by atoms with Crippen LogP contribution in [0, 0.1) is 0 Å². The van der Waals surface area contributed by atoms with E-state index in [9.17, 15) is 9.59 Å². The number of carbonyl (C=O) groups excluding carboxylic acids is 2. The predicted octanol–water partition coefficient (Wildman–Crippen LogP) is 2.13. The second-order valence-electron chi connectivity index (χ2n) is 6.50. The Labute approximate surface area is 159 Å². The van der Waals surface area contributed by atoms with E-state index < -0.39 is 0 Å². The summed E-state index contributed by atoms with van der Waals surface area (Å²) in [5.41, 5.74) is 1.90. The molecule has 0 bridgehead atoms. The normalized spacial score (nSPS) is 17.1. The van der Waals surface area contributed by atoms with Crippen LogP contribution in [-0.4, -0.2) is 56.7 Å². The van der Waals surface area contributed by atoms with Crippen LogP contribution in [0.15, 0.2) is 54.6 Å². The molecule has 1 atom stereocenters. The van der Waals surface area contributed by atoms with Gasteiger partial charge < -0.3 is 19.3 Å². The van der Waals surface area contributed by atoms with Gasteiger partial charge in [0, 0.05) is 25.4 Å². The van der Waals surface area contributed by atoms with Crippen LogP contribution in [-0.2, 0) is 20.7 Å². The highest BCUT2D eigenvalue weighted by atomic mass is 16.5. The van der Waals surface area contributed by atoms with Crippen LogP contribution in [0.4, 0.5) is 5.69 Å². The van der Waals surface area contributed by atoms with Crippen molar-refractivity contribution in [2.75, 3.05) is 38.8 Å². The third kappa shape index (κ3) is 4.46. The van der Waals surface area contributed by atoms with Gasteiger partial charge in [-0.1, -0.05) is 36.4 Å². The van der Waals surface area contributed by atoms with Crippen molar-refractivity contribution >= 4 is 17.5 Å². The van der Waals surface area contributed by atoms with E-state index in [-0.39, 0.29) is 31.0 Å². The Bertz CT molecular complexity index is 794. The van der Waals surface area contributed by atoms with E-state index in [1.54, 1.807) is 16.9 Å². The highest BCUT2D eigenvalue weighted by molar-refractivity contribution is 5.98. The van der Waals surface area contributed by atoms with Crippen molar-refractivity contribution in [3.63, 3.8) is 0 Å². The van der Waals surface area contributed by atoms with Gasteiger partial charge >= 0.3 is 0 Å². The highest BCUT2D eigenvalue weighted by Gasteiger charge is 2.35. The number of anilines is 1. The fraction of sp³-hybridized carbons (Fsp3) is 0.333. The Morgan fingerprint density at radius 1 is 1.11 bits per heavy atom. The summed E-state index contributed by atoms with van der Waals surface area (Å²) >= 11 is 0. The Hall–Kier alpha value is -2.86. The first-order valence-corrected chi connectivity index (χ1v) is 8.89. The molecule has 0 radical (unpaired) electrons. The van der Waals surface area contributed by atoms with Crippen molar-refractivity contribution in [1.29, 1.82) is 0 Å². The number of ether oxygens (including phenoxy) is 2. The van der Waals surface area contributed by atoms with Gasteiger partial charge in [0.2, 0.25) is 11.8 Å². The molecule has 1 aliphatic rings. The maximum Gasteiger partial charge on any atom is 0.249 e. The third-order valence-electron chi connectivity index (χ3n) is 4.71. The van der Waals surface area contributed by atoms with Gasteiger partial charge in [-0.3, -0.25) is 9.59 Å². The van der Waals surface area contributed by atoms with Gasteiger partial charge in [0.15, 0.2) is 0 Å². The highest BCUT2D eigenvalue weighted by Crippen LogP contribution is 2.25. The van der Waals surface area contributed by atoms with E-state index in [1.807, 2.05) is 54.6 Å². The molecule has 0 aliphatic carbocycles. The quantitative estimate of drug-likeness (QED) is 0.784. The van der Waals surface area contributed by atoms with Crippen LogP contribution >= 0.6 is 0 Å². The number of benzene rings is 2. The van der Waals surface area contributed by atoms with Gasteiger partial charge in [0.1, 0.15) is 18.9 Å². The molecule has 142 valence electrons. The molecule has 0 N–H and O–H groups in total. The van der Waals surface area contributed by atoms with Crippen molar-refractivity contribution in [1.82, 2.24) is 4.90 Å². The zero-order valence-corrected chi connectivity index (χ0v) is 15.6. The van der Waals surface area contributed by atoms with Crippen LogP contribution in [0.3, 0.4) is 0 Å². The lowest BCUT2D eigenvalue weighted by atomic mass is 10.0. The van der Waals surface area contributed by atoms with Gasteiger partial charge in [-0.25, -0.2) is 0 Å². The first-order chi connectivity index (χ1) is 13.1. The molecule has 2 aromatic rings. The van der Waals surface area contributed by atoms with Gasteiger partial charge in [-0.15, -0.1) is 0 Å². The maximum absolute atomic E-state index is 12.8. The van der Waals surface area contributed by atoms with E-state index in [4.69, 9.17) is 9.47 Å². The zero-order valence-electron chi connectivity index (χ0n) is 15.6. The van der Waals surface area contributed by atoms with Crippen molar-refractivity contribution in [3.05, 3.63) is 60.2 Å². The molecule has 6 nitrogen and oxygen atoms in total. The van der Waals surface area contributed by atoms with Crippen LogP contribution in [0.25, 0.3) is 0 Å². The lowest BCUT2D eigenvalue weighted by molar-refractivity contribution is -0.142. The molecule has 0 unspecified atom stereocenters. The van der Waals surface area contributed by atoms with E-state index in [2.05, 4.69) is 0 Å². The van der Waals surface area contributed by atoms with E-state index in [0.29, 0.717) is 18.7 Å². The number of methoxy groups -OCH3 is 2. The lowest BCUT2D eigenvalue weighted by Crippen LogP contribution is -2.59. The van der Waals surface area contributed by atoms with Gasteiger partial charge in [-0.2, -0.15) is 0 Å². The smallest absolute Gasteiger partial charge is 0.249 e. The summed E-state index contributed by atoms with van der Waals surface area (Å²) in [6.07, 6.45) is 0.671. The molecule has 1 heterocycles. The summed E-state index contributed by atoms with van der Waals surface area (Å²) < 4.78 is 10.3. The predicted molar refractivity (Wildman–Crippen MR) is 103 cm³/mol. The fourth-order valence-corrected chi connectivity index (χ4v) is 3.36. The van der Waals surface area contributed by atoms with E-state index in [0.717, 1.165) is 11.3 Å². The molecular formula is C21H24N2O4. The Balaban J connectivity index is 1.86. The Kier molecular flexibility index (Phi) is 6.08. The second kappa shape index (κ2) is 8.68. The summed E-state index contributed by atoms with van der Waals surface area (Å²) in [5, 5.41) is 0. The minimum atomic E-state index is -0.169. The Morgan fingerprint density at radius 3 is 2.59 bits per heavy atom. The van der Waals surface area contributed by atoms with Crippen molar-refractivity contribution < 1.29 is 19.1 Å². The first kappa shape index (κ1) is 18.9. The van der Waals surface area contributed by atoms with Gasteiger partial charge in [0.05, 0.1) is 13.2 Å². The maximum atomic E-state index is 12.8. The van der Waals surface area contributed by atoms with Gasteiger partial charge in [-0.05, 0) is 24.1 Å². The largest absolute Gasteiger partial charge is 0.497 e. The van der Waals surface area contributed by atoms with Crippen LogP contribution in [0.5, 0.6) is 5.75 Å². The average Bonchev–Trinajstić information content (AvgIpc) is 2.70.